The Labute approximate surface area is 158 Å². The molecule has 3 aromatic rings. The van der Waals surface area contributed by atoms with E-state index in [1.165, 1.54) is 0 Å². The minimum Gasteiger partial charge on any atom is -0.507 e. The van der Waals surface area contributed by atoms with Crippen molar-refractivity contribution in [1.82, 2.24) is 15.5 Å². The average Bonchev–Trinajstić information content (AvgIpc) is 3.17. The van der Waals surface area contributed by atoms with E-state index in [4.69, 9.17) is 4.74 Å². The number of hydrogen-bond donors (Lipinski definition) is 3. The molecule has 0 atom stereocenters. The summed E-state index contributed by atoms with van der Waals surface area (Å²) in [6.45, 7) is 3.14. The Morgan fingerprint density at radius 1 is 1.19 bits per heavy atom. The van der Waals surface area contributed by atoms with Crippen molar-refractivity contribution in [3.05, 3.63) is 65.9 Å². The van der Waals surface area contributed by atoms with Gasteiger partial charge in [-0.1, -0.05) is 30.3 Å². The van der Waals surface area contributed by atoms with Crippen LogP contribution in [0.1, 0.15) is 29.4 Å². The highest BCUT2D eigenvalue weighted by molar-refractivity contribution is 5.93. The van der Waals surface area contributed by atoms with Crippen molar-refractivity contribution in [3.63, 3.8) is 0 Å². The Kier molecular flexibility index (Phi) is 6.10. The number of benzene rings is 2. The van der Waals surface area contributed by atoms with Gasteiger partial charge in [0, 0.05) is 12.1 Å². The van der Waals surface area contributed by atoms with Crippen LogP contribution in [-0.4, -0.2) is 34.4 Å². The Morgan fingerprint density at radius 3 is 2.78 bits per heavy atom. The van der Waals surface area contributed by atoms with Gasteiger partial charge in [-0.15, -0.1) is 0 Å². The van der Waals surface area contributed by atoms with Gasteiger partial charge < -0.3 is 15.2 Å². The summed E-state index contributed by atoms with van der Waals surface area (Å²) in [7, 11) is 0. The lowest BCUT2D eigenvalue weighted by Crippen LogP contribution is -2.25. The first-order valence-corrected chi connectivity index (χ1v) is 9.01. The minimum absolute atomic E-state index is 0.129. The molecule has 0 bridgehead atoms. The molecule has 3 rings (SSSR count). The maximum Gasteiger partial charge on any atom is 0.269 e. The van der Waals surface area contributed by atoms with Crippen molar-refractivity contribution >= 4 is 5.91 Å². The molecule has 0 fully saturated rings. The molecule has 0 unspecified atom stereocenters. The summed E-state index contributed by atoms with van der Waals surface area (Å²) >= 11 is 0. The van der Waals surface area contributed by atoms with Crippen LogP contribution in [0.3, 0.4) is 0 Å². The highest BCUT2D eigenvalue weighted by Crippen LogP contribution is 2.27. The van der Waals surface area contributed by atoms with Crippen LogP contribution in [-0.2, 0) is 6.42 Å². The number of ether oxygens (including phenoxy) is 1. The number of aromatic nitrogens is 2. The zero-order chi connectivity index (χ0) is 19.1. The molecule has 6 nitrogen and oxygen atoms in total. The van der Waals surface area contributed by atoms with Crippen molar-refractivity contribution in [2.75, 3.05) is 13.2 Å². The van der Waals surface area contributed by atoms with Gasteiger partial charge in [-0.3, -0.25) is 9.89 Å². The van der Waals surface area contributed by atoms with E-state index in [9.17, 15) is 9.90 Å². The van der Waals surface area contributed by atoms with Gasteiger partial charge in [-0.05, 0) is 49.6 Å². The van der Waals surface area contributed by atoms with Crippen molar-refractivity contribution in [2.24, 2.45) is 0 Å². The molecule has 2 aromatic carbocycles. The lowest BCUT2D eigenvalue weighted by atomic mass is 10.1. The number of amides is 1. The fourth-order valence-corrected chi connectivity index (χ4v) is 2.85. The van der Waals surface area contributed by atoms with Crippen LogP contribution in [0.15, 0.2) is 54.6 Å². The Balaban J connectivity index is 1.53. The lowest BCUT2D eigenvalue weighted by molar-refractivity contribution is 0.0948. The molecule has 0 saturated carbocycles. The summed E-state index contributed by atoms with van der Waals surface area (Å²) in [4.78, 5) is 12.3. The number of phenolic OH excluding ortho intramolecular Hbond substituents is 1. The van der Waals surface area contributed by atoms with Crippen LogP contribution < -0.4 is 10.1 Å². The summed E-state index contributed by atoms with van der Waals surface area (Å²) < 4.78 is 5.62. The number of aromatic amines is 1. The third-order valence-corrected chi connectivity index (χ3v) is 4.18. The van der Waals surface area contributed by atoms with E-state index in [0.717, 1.165) is 24.2 Å². The van der Waals surface area contributed by atoms with E-state index in [-0.39, 0.29) is 11.7 Å². The fourth-order valence-electron chi connectivity index (χ4n) is 2.85. The molecule has 0 saturated heterocycles. The number of rotatable bonds is 8. The van der Waals surface area contributed by atoms with Gasteiger partial charge in [-0.25, -0.2) is 0 Å². The van der Waals surface area contributed by atoms with Crippen molar-refractivity contribution in [2.45, 2.75) is 19.8 Å². The van der Waals surface area contributed by atoms with Crippen LogP contribution in [0.25, 0.3) is 11.3 Å². The summed E-state index contributed by atoms with van der Waals surface area (Å²) in [5.74, 6) is 0.804. The SMILES string of the molecule is CCOc1ccccc1CCCNC(=O)c1cc(-c2ccccc2O)n[nH]1. The van der Waals surface area contributed by atoms with E-state index in [2.05, 4.69) is 15.5 Å². The highest BCUT2D eigenvalue weighted by atomic mass is 16.5. The topological polar surface area (TPSA) is 87.2 Å². The molecule has 140 valence electrons. The Morgan fingerprint density at radius 2 is 1.96 bits per heavy atom. The second-order valence-electron chi connectivity index (χ2n) is 6.08. The number of carbonyl (C=O) groups excluding carboxylic acids is 1. The first-order chi connectivity index (χ1) is 13.2. The molecule has 0 aliphatic rings. The standard InChI is InChI=1S/C21H23N3O3/c1-2-27-20-12-6-3-8-15(20)9-7-13-22-21(26)18-14-17(23-24-18)16-10-4-5-11-19(16)25/h3-6,8,10-12,14,25H,2,7,9,13H2,1H3,(H,22,26)(H,23,24). The molecule has 27 heavy (non-hydrogen) atoms. The number of hydrogen-bond acceptors (Lipinski definition) is 4. The monoisotopic (exact) mass is 365 g/mol. The number of H-pyrrole nitrogens is 1. The predicted octanol–water partition coefficient (Wildman–Crippen LogP) is 3.54. The number of aryl methyl sites for hydroxylation is 1. The Hall–Kier alpha value is -3.28. The number of para-hydroxylation sites is 2. The molecular formula is C21H23N3O3. The van der Waals surface area contributed by atoms with Gasteiger partial charge in [0.2, 0.25) is 0 Å². The van der Waals surface area contributed by atoms with Crippen LogP contribution in [0.2, 0.25) is 0 Å². The van der Waals surface area contributed by atoms with Gasteiger partial charge in [0.05, 0.1) is 12.3 Å². The second kappa shape index (κ2) is 8.89. The van der Waals surface area contributed by atoms with E-state index in [1.54, 1.807) is 24.3 Å². The quantitative estimate of drug-likeness (QED) is 0.533. The maximum absolute atomic E-state index is 12.3. The first kappa shape index (κ1) is 18.5. The van der Waals surface area contributed by atoms with Crippen molar-refractivity contribution in [3.8, 4) is 22.8 Å². The normalized spacial score (nSPS) is 10.6. The smallest absolute Gasteiger partial charge is 0.269 e. The van der Waals surface area contributed by atoms with Gasteiger partial charge >= 0.3 is 0 Å². The number of nitrogens with one attached hydrogen (secondary N) is 2. The molecule has 0 radical (unpaired) electrons. The summed E-state index contributed by atoms with van der Waals surface area (Å²) in [6.07, 6.45) is 1.62. The number of nitrogens with zero attached hydrogens (tertiary/aromatic N) is 1. The number of carbonyl (C=O) groups is 1. The zero-order valence-corrected chi connectivity index (χ0v) is 15.2. The van der Waals surface area contributed by atoms with E-state index in [1.807, 2.05) is 37.3 Å². The molecule has 3 N–H and O–H groups in total. The van der Waals surface area contributed by atoms with Gasteiger partial charge in [-0.2, -0.15) is 5.10 Å². The predicted molar refractivity (Wildman–Crippen MR) is 104 cm³/mol. The van der Waals surface area contributed by atoms with Crippen LogP contribution in [0, 0.1) is 0 Å². The van der Waals surface area contributed by atoms with Crippen LogP contribution in [0.5, 0.6) is 11.5 Å². The van der Waals surface area contributed by atoms with Gasteiger partial charge in [0.1, 0.15) is 17.2 Å². The molecule has 0 spiro atoms. The van der Waals surface area contributed by atoms with Gasteiger partial charge in [0.15, 0.2) is 0 Å². The second-order valence-corrected chi connectivity index (χ2v) is 6.08. The number of aromatic hydroxyl groups is 1. The highest BCUT2D eigenvalue weighted by Gasteiger charge is 2.12. The lowest BCUT2D eigenvalue weighted by Gasteiger charge is -2.10. The van der Waals surface area contributed by atoms with Gasteiger partial charge in [0.25, 0.3) is 5.91 Å². The molecule has 1 aromatic heterocycles. The average molecular weight is 365 g/mol. The maximum atomic E-state index is 12.3. The molecule has 1 heterocycles. The van der Waals surface area contributed by atoms with Crippen LogP contribution >= 0.6 is 0 Å². The van der Waals surface area contributed by atoms with E-state index < -0.39 is 0 Å². The molecule has 1 amide bonds. The molecule has 0 aliphatic carbocycles. The summed E-state index contributed by atoms with van der Waals surface area (Å²) in [5, 5.41) is 19.6. The third kappa shape index (κ3) is 4.67. The summed E-state index contributed by atoms with van der Waals surface area (Å²) in [5.41, 5.74) is 2.61. The number of phenols is 1. The Bertz CT molecular complexity index is 905. The van der Waals surface area contributed by atoms with Crippen molar-refractivity contribution < 1.29 is 14.6 Å². The fraction of sp³-hybridized carbons (Fsp3) is 0.238. The minimum atomic E-state index is -0.220. The largest absolute Gasteiger partial charge is 0.507 e. The zero-order valence-electron chi connectivity index (χ0n) is 15.2. The molecule has 6 heteroatoms. The van der Waals surface area contributed by atoms with E-state index in [0.29, 0.717) is 30.1 Å². The molecular weight excluding hydrogens is 342 g/mol. The van der Waals surface area contributed by atoms with Crippen molar-refractivity contribution in [1.29, 1.82) is 0 Å². The summed E-state index contributed by atoms with van der Waals surface area (Å²) in [6, 6.07) is 16.5. The third-order valence-electron chi connectivity index (χ3n) is 4.18. The van der Waals surface area contributed by atoms with E-state index >= 15 is 0 Å². The first-order valence-electron chi connectivity index (χ1n) is 9.01. The van der Waals surface area contributed by atoms with Crippen LogP contribution in [0.4, 0.5) is 0 Å². The molecule has 0 aliphatic heterocycles.